The van der Waals surface area contributed by atoms with Crippen molar-refractivity contribution in [3.05, 3.63) is 113 Å². The summed E-state index contributed by atoms with van der Waals surface area (Å²) in [4.78, 5) is 2.48. The van der Waals surface area contributed by atoms with E-state index in [-0.39, 0.29) is 16.7 Å². The first-order chi connectivity index (χ1) is 19.5. The number of ether oxygens (including phenoxy) is 3. The number of hydrogen-bond donors (Lipinski definition) is 0. The predicted molar refractivity (Wildman–Crippen MR) is 152 cm³/mol. The molecular formula is C32H31NO6S. The van der Waals surface area contributed by atoms with Crippen molar-refractivity contribution in [3.8, 4) is 23.0 Å². The van der Waals surface area contributed by atoms with Gasteiger partial charge in [0, 0.05) is 24.7 Å². The average Bonchev–Trinajstić information content (AvgIpc) is 2.99. The number of rotatable bonds is 8. The van der Waals surface area contributed by atoms with Crippen LogP contribution >= 0.6 is 0 Å². The quantitative estimate of drug-likeness (QED) is 0.257. The molecule has 206 valence electrons. The molecule has 0 bridgehead atoms. The summed E-state index contributed by atoms with van der Waals surface area (Å²) in [5.41, 5.74) is 5.42. The maximum Gasteiger partial charge on any atom is 0.339 e. The molecule has 0 aliphatic carbocycles. The molecular weight excluding hydrogens is 526 g/mol. The van der Waals surface area contributed by atoms with E-state index in [1.807, 2.05) is 36.4 Å². The highest BCUT2D eigenvalue weighted by molar-refractivity contribution is 7.87. The SMILES string of the molecule is COc1cc2c(cc1OCc1ccccc1)CCN1Cc3c(ccc(OC)c3OS(=O)(=O)c3ccccc3)CC21. The molecule has 0 amide bonds. The Balaban J connectivity index is 1.31. The van der Waals surface area contributed by atoms with Crippen LogP contribution in [0.3, 0.4) is 0 Å². The maximum atomic E-state index is 13.1. The van der Waals surface area contributed by atoms with Crippen molar-refractivity contribution < 1.29 is 26.8 Å². The Morgan fingerprint density at radius 1 is 0.825 bits per heavy atom. The molecule has 0 fully saturated rings. The Hall–Kier alpha value is -4.01. The van der Waals surface area contributed by atoms with Crippen LogP contribution in [0.1, 0.15) is 33.9 Å². The highest BCUT2D eigenvalue weighted by Gasteiger charge is 2.36. The minimum Gasteiger partial charge on any atom is -0.493 e. The Bertz CT molecular complexity index is 1620. The number of benzene rings is 4. The van der Waals surface area contributed by atoms with Gasteiger partial charge in [-0.15, -0.1) is 0 Å². The zero-order valence-corrected chi connectivity index (χ0v) is 23.3. The Morgan fingerprint density at radius 2 is 1.55 bits per heavy atom. The summed E-state index contributed by atoms with van der Waals surface area (Å²) in [7, 11) is -0.838. The third-order valence-electron chi connectivity index (χ3n) is 7.67. The van der Waals surface area contributed by atoms with Gasteiger partial charge in [-0.3, -0.25) is 4.90 Å². The lowest BCUT2D eigenvalue weighted by Gasteiger charge is -2.42. The smallest absolute Gasteiger partial charge is 0.339 e. The van der Waals surface area contributed by atoms with Crippen LogP contribution in [0.4, 0.5) is 0 Å². The molecule has 40 heavy (non-hydrogen) atoms. The van der Waals surface area contributed by atoms with Crippen molar-refractivity contribution in [1.29, 1.82) is 0 Å². The van der Waals surface area contributed by atoms with E-state index in [0.717, 1.165) is 35.4 Å². The highest BCUT2D eigenvalue weighted by Crippen LogP contribution is 2.46. The Morgan fingerprint density at radius 3 is 2.27 bits per heavy atom. The molecule has 1 unspecified atom stereocenters. The molecule has 0 spiro atoms. The topological polar surface area (TPSA) is 74.3 Å². The van der Waals surface area contributed by atoms with E-state index in [1.165, 1.54) is 30.4 Å². The van der Waals surface area contributed by atoms with Gasteiger partial charge in [-0.25, -0.2) is 0 Å². The fraction of sp³-hybridized carbons (Fsp3) is 0.250. The van der Waals surface area contributed by atoms with Gasteiger partial charge in [-0.2, -0.15) is 8.42 Å². The summed E-state index contributed by atoms with van der Waals surface area (Å²) < 4.78 is 49.5. The van der Waals surface area contributed by atoms with Gasteiger partial charge in [0.15, 0.2) is 23.0 Å². The van der Waals surface area contributed by atoms with Crippen LogP contribution in [0.25, 0.3) is 0 Å². The maximum absolute atomic E-state index is 13.1. The summed E-state index contributed by atoms with van der Waals surface area (Å²) in [6.07, 6.45) is 1.55. The summed E-state index contributed by atoms with van der Waals surface area (Å²) in [5, 5.41) is 0. The summed E-state index contributed by atoms with van der Waals surface area (Å²) in [6.45, 7) is 1.84. The largest absolute Gasteiger partial charge is 0.493 e. The van der Waals surface area contributed by atoms with Gasteiger partial charge in [-0.1, -0.05) is 54.6 Å². The molecule has 0 radical (unpaired) electrons. The zero-order valence-electron chi connectivity index (χ0n) is 22.5. The van der Waals surface area contributed by atoms with Crippen molar-refractivity contribution in [2.24, 2.45) is 0 Å². The molecule has 2 aliphatic heterocycles. The van der Waals surface area contributed by atoms with Crippen LogP contribution in [0, 0.1) is 0 Å². The number of hydrogen-bond acceptors (Lipinski definition) is 7. The number of methoxy groups -OCH3 is 2. The second-order valence-electron chi connectivity index (χ2n) is 10.0. The van der Waals surface area contributed by atoms with E-state index in [1.54, 1.807) is 31.4 Å². The van der Waals surface area contributed by atoms with Crippen LogP contribution in [0.15, 0.2) is 89.8 Å². The normalized spacial score (nSPS) is 16.3. The molecule has 2 heterocycles. The van der Waals surface area contributed by atoms with Gasteiger partial charge < -0.3 is 18.4 Å². The van der Waals surface area contributed by atoms with E-state index >= 15 is 0 Å². The third kappa shape index (κ3) is 5.00. The molecule has 0 aromatic heterocycles. The molecule has 0 N–H and O–H groups in total. The van der Waals surface area contributed by atoms with E-state index in [2.05, 4.69) is 17.0 Å². The summed E-state index contributed by atoms with van der Waals surface area (Å²) >= 11 is 0. The number of nitrogens with zero attached hydrogens (tertiary/aromatic N) is 1. The summed E-state index contributed by atoms with van der Waals surface area (Å²) in [5.74, 6) is 2.10. The minimum absolute atomic E-state index is 0.104. The minimum atomic E-state index is -4.03. The van der Waals surface area contributed by atoms with Gasteiger partial charge in [0.1, 0.15) is 11.5 Å². The first kappa shape index (κ1) is 26.2. The Labute approximate surface area is 235 Å². The third-order valence-corrected chi connectivity index (χ3v) is 8.91. The average molecular weight is 558 g/mol. The van der Waals surface area contributed by atoms with E-state index in [4.69, 9.17) is 18.4 Å². The standard InChI is InChI=1S/C32H31NO6S/c1-36-29-14-13-23-17-28-26-19-30(37-2)31(38-21-22-9-5-3-6-10-22)18-24(26)15-16-33(28)20-27(23)32(29)39-40(34,35)25-11-7-4-8-12-25/h3-14,18-19,28H,15-17,20-21H2,1-2H3. The molecule has 2 aliphatic rings. The van der Waals surface area contributed by atoms with E-state index in [0.29, 0.717) is 31.1 Å². The van der Waals surface area contributed by atoms with E-state index in [9.17, 15) is 8.42 Å². The lowest BCUT2D eigenvalue weighted by atomic mass is 9.83. The lowest BCUT2D eigenvalue weighted by Crippen LogP contribution is -2.39. The molecule has 8 heteroatoms. The Kier molecular flexibility index (Phi) is 7.12. The zero-order chi connectivity index (χ0) is 27.7. The molecule has 7 nitrogen and oxygen atoms in total. The van der Waals surface area contributed by atoms with Crippen molar-refractivity contribution in [2.45, 2.75) is 36.9 Å². The van der Waals surface area contributed by atoms with Gasteiger partial charge in [-0.05, 0) is 65.4 Å². The second-order valence-corrected chi connectivity index (χ2v) is 11.5. The van der Waals surface area contributed by atoms with Crippen LogP contribution in [-0.4, -0.2) is 34.1 Å². The first-order valence-corrected chi connectivity index (χ1v) is 14.7. The molecule has 6 rings (SSSR count). The fourth-order valence-corrected chi connectivity index (χ4v) is 6.61. The van der Waals surface area contributed by atoms with Crippen molar-refractivity contribution in [1.82, 2.24) is 4.90 Å². The van der Waals surface area contributed by atoms with Crippen molar-refractivity contribution >= 4 is 10.1 Å². The van der Waals surface area contributed by atoms with Crippen molar-refractivity contribution in [2.75, 3.05) is 20.8 Å². The lowest BCUT2D eigenvalue weighted by molar-refractivity contribution is 0.158. The molecule has 0 saturated heterocycles. The first-order valence-electron chi connectivity index (χ1n) is 13.3. The van der Waals surface area contributed by atoms with Gasteiger partial charge in [0.25, 0.3) is 0 Å². The van der Waals surface area contributed by atoms with Crippen LogP contribution in [-0.2, 0) is 36.1 Å². The monoisotopic (exact) mass is 557 g/mol. The summed E-state index contributed by atoms with van der Waals surface area (Å²) in [6, 6.07) is 26.4. The molecule has 1 atom stereocenters. The second kappa shape index (κ2) is 10.9. The number of fused-ring (bicyclic) bond motifs is 4. The molecule has 4 aromatic rings. The highest BCUT2D eigenvalue weighted by atomic mass is 32.2. The van der Waals surface area contributed by atoms with Crippen molar-refractivity contribution in [3.63, 3.8) is 0 Å². The molecule has 0 saturated carbocycles. The van der Waals surface area contributed by atoms with Crippen LogP contribution < -0.4 is 18.4 Å². The predicted octanol–water partition coefficient (Wildman–Crippen LogP) is 5.71. The molecule has 4 aromatic carbocycles. The fourth-order valence-electron chi connectivity index (χ4n) is 5.62. The van der Waals surface area contributed by atoms with Crippen LogP contribution in [0.5, 0.6) is 23.0 Å². The van der Waals surface area contributed by atoms with Gasteiger partial charge in [0.2, 0.25) is 0 Å². The van der Waals surface area contributed by atoms with Crippen LogP contribution in [0.2, 0.25) is 0 Å². The van der Waals surface area contributed by atoms with Gasteiger partial charge in [0.05, 0.1) is 14.2 Å². The van der Waals surface area contributed by atoms with E-state index < -0.39 is 10.1 Å². The van der Waals surface area contributed by atoms with Gasteiger partial charge >= 0.3 is 10.1 Å².